The van der Waals surface area contributed by atoms with Crippen LogP contribution in [0.5, 0.6) is 0 Å². The summed E-state index contributed by atoms with van der Waals surface area (Å²) < 4.78 is 0. The van der Waals surface area contributed by atoms with Crippen LogP contribution in [0.2, 0.25) is 0 Å². The lowest BCUT2D eigenvalue weighted by atomic mass is 10.2. The maximum absolute atomic E-state index is 4.25. The van der Waals surface area contributed by atoms with Crippen LogP contribution in [0.3, 0.4) is 0 Å². The van der Waals surface area contributed by atoms with Gasteiger partial charge in [0.15, 0.2) is 0 Å². The van der Waals surface area contributed by atoms with Crippen LogP contribution in [0, 0.1) is 12.8 Å². The highest BCUT2D eigenvalue weighted by Gasteiger charge is 2.00. The molecular formula is C11H18N2S. The summed E-state index contributed by atoms with van der Waals surface area (Å²) in [7, 11) is 0. The Hall–Kier alpha value is -0.700. The molecule has 14 heavy (non-hydrogen) atoms. The number of nitrogens with zero attached hydrogens (tertiary/aromatic N) is 1. The van der Waals surface area contributed by atoms with Crippen molar-refractivity contribution in [1.82, 2.24) is 4.98 Å². The molecule has 1 heterocycles. The Morgan fingerprint density at radius 1 is 1.57 bits per heavy atom. The van der Waals surface area contributed by atoms with Gasteiger partial charge >= 0.3 is 0 Å². The van der Waals surface area contributed by atoms with Gasteiger partial charge in [-0.15, -0.1) is 0 Å². The van der Waals surface area contributed by atoms with Crippen molar-refractivity contribution < 1.29 is 0 Å². The van der Waals surface area contributed by atoms with E-state index in [-0.39, 0.29) is 0 Å². The number of aryl methyl sites for hydroxylation is 1. The summed E-state index contributed by atoms with van der Waals surface area (Å²) in [6.07, 6.45) is 3.98. The van der Waals surface area contributed by atoms with Crippen molar-refractivity contribution in [3.63, 3.8) is 0 Å². The molecule has 2 nitrogen and oxygen atoms in total. The Kier molecular flexibility index (Phi) is 4.80. The maximum Gasteiger partial charge on any atom is 0.126 e. The van der Waals surface area contributed by atoms with Gasteiger partial charge in [-0.2, -0.15) is 11.8 Å². The molecule has 0 fully saturated rings. The third-order valence-corrected chi connectivity index (χ3v) is 2.90. The molecule has 0 aliphatic carbocycles. The summed E-state index contributed by atoms with van der Waals surface area (Å²) in [5.41, 5.74) is 1.25. The molecule has 1 N–H and O–H groups in total. The fourth-order valence-electron chi connectivity index (χ4n) is 1.26. The van der Waals surface area contributed by atoms with Crippen molar-refractivity contribution in [2.24, 2.45) is 5.92 Å². The Bertz CT molecular complexity index is 276. The number of aromatic nitrogens is 1. The Morgan fingerprint density at radius 3 is 3.00 bits per heavy atom. The van der Waals surface area contributed by atoms with E-state index in [1.807, 2.05) is 24.0 Å². The van der Waals surface area contributed by atoms with E-state index in [4.69, 9.17) is 0 Å². The molecule has 1 rings (SSSR count). The standard InChI is InChI=1S/C11H18N2S/c1-9-4-5-12-11(6-9)13-7-10(2)8-14-3/h4-6,10H,7-8H2,1-3H3,(H,12,13). The van der Waals surface area contributed by atoms with Gasteiger partial charge in [0.1, 0.15) is 5.82 Å². The minimum atomic E-state index is 0.687. The lowest BCUT2D eigenvalue weighted by Crippen LogP contribution is -2.13. The van der Waals surface area contributed by atoms with Gasteiger partial charge in [0.05, 0.1) is 0 Å². The first-order valence-electron chi connectivity index (χ1n) is 4.88. The van der Waals surface area contributed by atoms with E-state index in [1.165, 1.54) is 11.3 Å². The molecule has 0 saturated heterocycles. The number of rotatable bonds is 5. The van der Waals surface area contributed by atoms with Crippen LogP contribution in [-0.4, -0.2) is 23.5 Å². The molecule has 0 amide bonds. The largest absolute Gasteiger partial charge is 0.370 e. The van der Waals surface area contributed by atoms with Gasteiger partial charge in [0.2, 0.25) is 0 Å². The number of hydrogen-bond acceptors (Lipinski definition) is 3. The molecule has 0 bridgehead atoms. The van der Waals surface area contributed by atoms with Crippen LogP contribution in [0.4, 0.5) is 5.82 Å². The Balaban J connectivity index is 2.37. The smallest absolute Gasteiger partial charge is 0.126 e. The quantitative estimate of drug-likeness (QED) is 0.809. The average Bonchev–Trinajstić information content (AvgIpc) is 2.15. The minimum Gasteiger partial charge on any atom is -0.370 e. The van der Waals surface area contributed by atoms with Gasteiger partial charge in [-0.3, -0.25) is 0 Å². The molecule has 1 aromatic rings. The van der Waals surface area contributed by atoms with Crippen molar-refractivity contribution >= 4 is 17.6 Å². The fraction of sp³-hybridized carbons (Fsp3) is 0.545. The summed E-state index contributed by atoms with van der Waals surface area (Å²) in [6, 6.07) is 4.09. The van der Waals surface area contributed by atoms with E-state index in [0.29, 0.717) is 5.92 Å². The molecule has 0 aromatic carbocycles. The molecule has 0 spiro atoms. The highest BCUT2D eigenvalue weighted by Crippen LogP contribution is 2.08. The van der Waals surface area contributed by atoms with E-state index in [0.717, 1.165) is 12.4 Å². The zero-order chi connectivity index (χ0) is 10.4. The Labute approximate surface area is 90.5 Å². The average molecular weight is 210 g/mol. The number of thioether (sulfide) groups is 1. The lowest BCUT2D eigenvalue weighted by Gasteiger charge is -2.11. The van der Waals surface area contributed by atoms with Gasteiger partial charge in [-0.25, -0.2) is 4.98 Å². The predicted octanol–water partition coefficient (Wildman–Crippen LogP) is 2.80. The van der Waals surface area contributed by atoms with Crippen molar-refractivity contribution in [3.05, 3.63) is 23.9 Å². The van der Waals surface area contributed by atoms with Crippen molar-refractivity contribution in [2.75, 3.05) is 23.9 Å². The molecule has 0 radical (unpaired) electrons. The number of hydrogen-bond donors (Lipinski definition) is 1. The number of nitrogens with one attached hydrogen (secondary N) is 1. The fourth-order valence-corrected chi connectivity index (χ4v) is 1.94. The monoisotopic (exact) mass is 210 g/mol. The van der Waals surface area contributed by atoms with Crippen LogP contribution < -0.4 is 5.32 Å². The van der Waals surface area contributed by atoms with Gasteiger partial charge in [0.25, 0.3) is 0 Å². The van der Waals surface area contributed by atoms with E-state index >= 15 is 0 Å². The number of pyridine rings is 1. The first-order chi connectivity index (χ1) is 6.72. The summed E-state index contributed by atoms with van der Waals surface area (Å²) in [5, 5.41) is 3.35. The van der Waals surface area contributed by atoms with Gasteiger partial charge in [-0.1, -0.05) is 6.92 Å². The molecule has 78 valence electrons. The highest BCUT2D eigenvalue weighted by molar-refractivity contribution is 7.98. The zero-order valence-electron chi connectivity index (χ0n) is 9.08. The van der Waals surface area contributed by atoms with E-state index in [9.17, 15) is 0 Å². The van der Waals surface area contributed by atoms with Crippen LogP contribution in [0.15, 0.2) is 18.3 Å². The second-order valence-electron chi connectivity index (χ2n) is 3.66. The van der Waals surface area contributed by atoms with Crippen LogP contribution in [0.25, 0.3) is 0 Å². The minimum absolute atomic E-state index is 0.687. The lowest BCUT2D eigenvalue weighted by molar-refractivity contribution is 0.699. The number of anilines is 1. The van der Waals surface area contributed by atoms with E-state index < -0.39 is 0 Å². The summed E-state index contributed by atoms with van der Waals surface area (Å²) in [5.74, 6) is 2.86. The molecule has 1 aromatic heterocycles. The second kappa shape index (κ2) is 5.91. The summed E-state index contributed by atoms with van der Waals surface area (Å²) in [4.78, 5) is 4.25. The van der Waals surface area contributed by atoms with Crippen LogP contribution in [-0.2, 0) is 0 Å². The van der Waals surface area contributed by atoms with Crippen molar-refractivity contribution in [1.29, 1.82) is 0 Å². The van der Waals surface area contributed by atoms with Gasteiger partial charge < -0.3 is 5.32 Å². The van der Waals surface area contributed by atoms with Crippen LogP contribution >= 0.6 is 11.8 Å². The molecule has 1 unspecified atom stereocenters. The van der Waals surface area contributed by atoms with Crippen molar-refractivity contribution in [2.45, 2.75) is 13.8 Å². The molecule has 3 heteroatoms. The highest BCUT2D eigenvalue weighted by atomic mass is 32.2. The second-order valence-corrected chi connectivity index (χ2v) is 4.57. The van der Waals surface area contributed by atoms with Gasteiger partial charge in [-0.05, 0) is 42.5 Å². The van der Waals surface area contributed by atoms with Crippen LogP contribution in [0.1, 0.15) is 12.5 Å². The molecule has 1 atom stereocenters. The first-order valence-corrected chi connectivity index (χ1v) is 6.27. The third kappa shape index (κ3) is 4.01. The molecular weight excluding hydrogens is 192 g/mol. The van der Waals surface area contributed by atoms with E-state index in [2.05, 4.69) is 36.5 Å². The van der Waals surface area contributed by atoms with Gasteiger partial charge in [0, 0.05) is 12.7 Å². The SMILES string of the molecule is CSCC(C)CNc1cc(C)ccn1. The summed E-state index contributed by atoms with van der Waals surface area (Å²) in [6.45, 7) is 5.33. The van der Waals surface area contributed by atoms with E-state index in [1.54, 1.807) is 0 Å². The maximum atomic E-state index is 4.25. The normalized spacial score (nSPS) is 12.5. The summed E-state index contributed by atoms with van der Waals surface area (Å²) >= 11 is 1.89. The molecule has 0 aliphatic rings. The van der Waals surface area contributed by atoms with Crippen molar-refractivity contribution in [3.8, 4) is 0 Å². The third-order valence-electron chi connectivity index (χ3n) is 2.00. The first kappa shape index (κ1) is 11.4. The predicted molar refractivity (Wildman–Crippen MR) is 65.0 cm³/mol. The molecule has 0 saturated carbocycles. The zero-order valence-corrected chi connectivity index (χ0v) is 9.90. The Morgan fingerprint density at radius 2 is 2.36 bits per heavy atom. The molecule has 0 aliphatic heterocycles. The topological polar surface area (TPSA) is 24.9 Å².